The summed E-state index contributed by atoms with van der Waals surface area (Å²) in [5.41, 5.74) is 2.33. The summed E-state index contributed by atoms with van der Waals surface area (Å²) >= 11 is 0. The predicted molar refractivity (Wildman–Crippen MR) is 139 cm³/mol. The van der Waals surface area contributed by atoms with E-state index in [0.29, 0.717) is 6.42 Å². The van der Waals surface area contributed by atoms with Crippen LogP contribution in [-0.4, -0.2) is 64.6 Å². The molecule has 8 nitrogen and oxygen atoms in total. The van der Waals surface area contributed by atoms with Crippen molar-refractivity contribution in [2.45, 2.75) is 59.2 Å². The Morgan fingerprint density at radius 2 is 1.74 bits per heavy atom. The summed E-state index contributed by atoms with van der Waals surface area (Å²) in [7, 11) is 5.38. The number of carboxylic acids is 1. The molecule has 0 radical (unpaired) electrons. The van der Waals surface area contributed by atoms with Gasteiger partial charge >= 0.3 is 5.97 Å². The first kappa shape index (κ1) is 28.1. The third kappa shape index (κ3) is 6.72. The fourth-order valence-corrected chi connectivity index (χ4v) is 4.35. The molecule has 2 amide bonds. The maximum atomic E-state index is 13.5. The highest BCUT2D eigenvalue weighted by atomic mass is 16.4. The van der Waals surface area contributed by atoms with Crippen LogP contribution in [0.1, 0.15) is 40.2 Å². The van der Waals surface area contributed by atoms with E-state index < -0.39 is 24.1 Å². The van der Waals surface area contributed by atoms with Crippen LogP contribution >= 0.6 is 0 Å². The van der Waals surface area contributed by atoms with Crippen LogP contribution in [0.5, 0.6) is 0 Å². The van der Waals surface area contributed by atoms with Crippen LogP contribution in [0.3, 0.4) is 0 Å². The standard InChI is InChI=1S/C27H40N4O4/c1-16(2)23(13-18(5)27(34)35)31(8)26(33)24(17(3)4)29-25(32)21(28-6)14-19-15-30(7)22-12-10-9-11-20(19)22/h9-13,15-17,21,23-24,28H,14H2,1-8H3,(H,29,32)(H,34,35)/t21-,23?,24-/m0/s1. The van der Waals surface area contributed by atoms with Crippen molar-refractivity contribution in [2.24, 2.45) is 18.9 Å². The number of fused-ring (bicyclic) bond motifs is 1. The number of nitrogens with zero attached hydrogens (tertiary/aromatic N) is 2. The molecule has 8 heteroatoms. The van der Waals surface area contributed by atoms with E-state index in [1.54, 1.807) is 25.1 Å². The monoisotopic (exact) mass is 484 g/mol. The van der Waals surface area contributed by atoms with E-state index in [2.05, 4.69) is 10.6 Å². The van der Waals surface area contributed by atoms with Crippen LogP contribution in [0.2, 0.25) is 0 Å². The number of aliphatic carboxylic acids is 1. The third-order valence-electron chi connectivity index (χ3n) is 6.53. The molecule has 2 aromatic rings. The minimum Gasteiger partial charge on any atom is -0.478 e. The molecule has 3 atom stereocenters. The predicted octanol–water partition coefficient (Wildman–Crippen LogP) is 2.96. The lowest BCUT2D eigenvalue weighted by Crippen LogP contribution is -2.56. The van der Waals surface area contributed by atoms with Gasteiger partial charge in [-0.2, -0.15) is 0 Å². The highest BCUT2D eigenvalue weighted by Crippen LogP contribution is 2.22. The molecule has 3 N–H and O–H groups in total. The number of carbonyl (C=O) groups is 3. The zero-order valence-electron chi connectivity index (χ0n) is 22.1. The van der Waals surface area contributed by atoms with E-state index in [1.165, 1.54) is 6.92 Å². The largest absolute Gasteiger partial charge is 0.478 e. The molecule has 0 fully saturated rings. The highest BCUT2D eigenvalue weighted by Gasteiger charge is 2.33. The van der Waals surface area contributed by atoms with Gasteiger partial charge < -0.3 is 25.2 Å². The number of rotatable bonds is 11. The Bertz CT molecular complexity index is 1090. The van der Waals surface area contributed by atoms with Gasteiger partial charge in [0.25, 0.3) is 0 Å². The van der Waals surface area contributed by atoms with Crippen molar-refractivity contribution in [2.75, 3.05) is 14.1 Å². The van der Waals surface area contributed by atoms with Crippen LogP contribution in [0.4, 0.5) is 0 Å². The van der Waals surface area contributed by atoms with Gasteiger partial charge in [0.1, 0.15) is 6.04 Å². The molecule has 0 saturated carbocycles. The number of aromatic nitrogens is 1. The van der Waals surface area contributed by atoms with E-state index in [-0.39, 0.29) is 29.2 Å². The van der Waals surface area contributed by atoms with E-state index >= 15 is 0 Å². The van der Waals surface area contributed by atoms with Crippen LogP contribution in [0.25, 0.3) is 10.9 Å². The Hall–Kier alpha value is -3.13. The number of nitrogens with one attached hydrogen (secondary N) is 2. The number of amides is 2. The minimum atomic E-state index is -1.02. The smallest absolute Gasteiger partial charge is 0.331 e. The summed E-state index contributed by atoms with van der Waals surface area (Å²) in [6, 6.07) is 6.39. The molecular weight excluding hydrogens is 444 g/mol. The van der Waals surface area contributed by atoms with Crippen molar-refractivity contribution in [3.8, 4) is 0 Å². The molecule has 192 valence electrons. The number of hydrogen-bond acceptors (Lipinski definition) is 4. The van der Waals surface area contributed by atoms with Crippen molar-refractivity contribution in [1.82, 2.24) is 20.1 Å². The fraction of sp³-hybridized carbons (Fsp3) is 0.519. The molecule has 1 heterocycles. The molecule has 1 aromatic carbocycles. The van der Waals surface area contributed by atoms with Gasteiger partial charge in [0.05, 0.1) is 12.1 Å². The normalized spacial score (nSPS) is 14.7. The lowest BCUT2D eigenvalue weighted by molar-refractivity contribution is -0.138. The molecule has 0 aliphatic carbocycles. The average molecular weight is 485 g/mol. The van der Waals surface area contributed by atoms with Crippen molar-refractivity contribution >= 4 is 28.7 Å². The van der Waals surface area contributed by atoms with Gasteiger partial charge in [-0.25, -0.2) is 4.79 Å². The molecule has 0 spiro atoms. The topological polar surface area (TPSA) is 104 Å². The first-order chi connectivity index (χ1) is 16.4. The molecule has 1 unspecified atom stereocenters. The number of carbonyl (C=O) groups excluding carboxylic acids is 2. The second-order valence-corrected chi connectivity index (χ2v) is 9.90. The summed E-state index contributed by atoms with van der Waals surface area (Å²) in [6.45, 7) is 9.16. The number of para-hydroxylation sites is 1. The van der Waals surface area contributed by atoms with Crippen LogP contribution in [-0.2, 0) is 27.9 Å². The lowest BCUT2D eigenvalue weighted by Gasteiger charge is -2.34. The Kier molecular flexibility index (Phi) is 9.65. The zero-order chi connectivity index (χ0) is 26.4. The molecule has 2 rings (SSSR count). The summed E-state index contributed by atoms with van der Waals surface area (Å²) in [5, 5.41) is 16.4. The van der Waals surface area contributed by atoms with E-state index in [1.807, 2.05) is 69.8 Å². The molecule has 0 saturated heterocycles. The Morgan fingerprint density at radius 1 is 1.11 bits per heavy atom. The molecular formula is C27H40N4O4. The minimum absolute atomic E-state index is 0.00168. The number of hydrogen-bond donors (Lipinski definition) is 3. The van der Waals surface area contributed by atoms with Crippen molar-refractivity contribution < 1.29 is 19.5 Å². The number of likely N-dealkylation sites (N-methyl/N-ethyl adjacent to an activating group) is 2. The Morgan fingerprint density at radius 3 is 2.29 bits per heavy atom. The molecule has 0 bridgehead atoms. The first-order valence-corrected chi connectivity index (χ1v) is 12.1. The van der Waals surface area contributed by atoms with Gasteiger partial charge in [-0.1, -0.05) is 52.0 Å². The molecule has 1 aromatic heterocycles. The SMILES string of the molecule is CN[C@@H](Cc1cn(C)c2ccccc12)C(=O)N[C@H](C(=O)N(C)C(C=C(C)C(=O)O)C(C)C)C(C)C. The van der Waals surface area contributed by atoms with E-state index in [9.17, 15) is 19.5 Å². The van der Waals surface area contributed by atoms with Gasteiger partial charge in [-0.3, -0.25) is 9.59 Å². The fourth-order valence-electron chi connectivity index (χ4n) is 4.35. The lowest BCUT2D eigenvalue weighted by atomic mass is 9.96. The van der Waals surface area contributed by atoms with Crippen LogP contribution < -0.4 is 10.6 Å². The summed E-state index contributed by atoms with van der Waals surface area (Å²) in [5.74, 6) is -1.67. The first-order valence-electron chi connectivity index (χ1n) is 12.1. The number of carboxylic acid groups (broad SMARTS) is 1. The second kappa shape index (κ2) is 12.0. The molecule has 0 aliphatic rings. The zero-order valence-corrected chi connectivity index (χ0v) is 22.1. The van der Waals surface area contributed by atoms with Crippen LogP contribution in [0.15, 0.2) is 42.1 Å². The summed E-state index contributed by atoms with van der Waals surface area (Å²) < 4.78 is 2.05. The Balaban J connectivity index is 2.24. The van der Waals surface area contributed by atoms with Gasteiger partial charge in [0.15, 0.2) is 0 Å². The van der Waals surface area contributed by atoms with Gasteiger partial charge in [0.2, 0.25) is 11.8 Å². The average Bonchev–Trinajstić information content (AvgIpc) is 3.12. The number of benzene rings is 1. The quantitative estimate of drug-likeness (QED) is 0.426. The molecule has 35 heavy (non-hydrogen) atoms. The van der Waals surface area contributed by atoms with E-state index in [0.717, 1.165) is 16.5 Å². The summed E-state index contributed by atoms with van der Waals surface area (Å²) in [4.78, 5) is 39.7. The van der Waals surface area contributed by atoms with Crippen molar-refractivity contribution in [1.29, 1.82) is 0 Å². The molecule has 0 aliphatic heterocycles. The van der Waals surface area contributed by atoms with Gasteiger partial charge in [-0.05, 0) is 43.9 Å². The van der Waals surface area contributed by atoms with Gasteiger partial charge in [0, 0.05) is 36.8 Å². The number of aryl methyl sites for hydroxylation is 1. The van der Waals surface area contributed by atoms with Gasteiger partial charge in [-0.15, -0.1) is 0 Å². The Labute approximate surface area is 208 Å². The third-order valence-corrected chi connectivity index (χ3v) is 6.53. The van der Waals surface area contributed by atoms with Crippen LogP contribution in [0, 0.1) is 11.8 Å². The van der Waals surface area contributed by atoms with E-state index in [4.69, 9.17) is 0 Å². The maximum absolute atomic E-state index is 13.5. The van der Waals surface area contributed by atoms with Crippen molar-refractivity contribution in [3.05, 3.63) is 47.7 Å². The maximum Gasteiger partial charge on any atom is 0.331 e. The second-order valence-electron chi connectivity index (χ2n) is 9.90. The summed E-state index contributed by atoms with van der Waals surface area (Å²) in [6.07, 6.45) is 4.11. The highest BCUT2D eigenvalue weighted by molar-refractivity contribution is 5.91. The van der Waals surface area contributed by atoms with Crippen molar-refractivity contribution in [3.63, 3.8) is 0 Å².